The summed E-state index contributed by atoms with van der Waals surface area (Å²) in [5, 5.41) is 14.1. The molecule has 132 heavy (non-hydrogen) atoms. The molecule has 0 saturated carbocycles. The zero-order chi connectivity index (χ0) is 86.6. The van der Waals surface area contributed by atoms with Crippen LogP contribution in [0.4, 0.5) is 0 Å². The van der Waals surface area contributed by atoms with Gasteiger partial charge in [0.05, 0.1) is 71.9 Å². The average Bonchev–Trinajstić information content (AvgIpc) is 1.45. The van der Waals surface area contributed by atoms with Crippen LogP contribution >= 0.6 is 0 Å². The molecule has 0 atom stereocenters. The monoisotopic (exact) mass is 1680 g/mol. The summed E-state index contributed by atoms with van der Waals surface area (Å²) in [6, 6.07) is 174. The van der Waals surface area contributed by atoms with Gasteiger partial charge in [0.25, 0.3) is 0 Å². The van der Waals surface area contributed by atoms with Crippen LogP contribution in [0.3, 0.4) is 0 Å². The quantitative estimate of drug-likeness (QED) is 0.109. The van der Waals surface area contributed by atoms with Gasteiger partial charge < -0.3 is 22.8 Å². The summed E-state index contributed by atoms with van der Waals surface area (Å²) in [6.45, 7) is 0. The predicted octanol–water partition coefficient (Wildman–Crippen LogP) is 32.4. The molecule has 0 fully saturated rings. The van der Waals surface area contributed by atoms with Crippen molar-refractivity contribution in [3.8, 4) is 124 Å². The molecule has 8 heteroatoms. The molecule has 0 saturated heterocycles. The van der Waals surface area contributed by atoms with Gasteiger partial charge in [-0.25, -0.2) is 9.97 Å². The van der Waals surface area contributed by atoms with Crippen LogP contribution in [0.15, 0.2) is 473 Å². The number of hydrogen-bond donors (Lipinski definition) is 0. The Hall–Kier alpha value is -17.7. The van der Waals surface area contributed by atoms with Crippen LogP contribution in [0.1, 0.15) is 0 Å². The number of aromatic nitrogens is 8. The predicted molar refractivity (Wildman–Crippen MR) is 552 cm³/mol. The third kappa shape index (κ3) is 11.9. The van der Waals surface area contributed by atoms with Crippen LogP contribution in [0.5, 0.6) is 0 Å². The smallest absolute Gasteiger partial charge is 0.162 e. The fourth-order valence-electron chi connectivity index (χ4n) is 21.4. The lowest BCUT2D eigenvalue weighted by molar-refractivity contribution is 1.05. The molecule has 0 aliphatic rings. The largest absolute Gasteiger partial charge is 0.309 e. The molecule has 0 unspecified atom stereocenters. The highest BCUT2D eigenvalue weighted by atomic mass is 15.1. The molecular formula is C124H78N8. The Morgan fingerprint density at radius 2 is 0.371 bits per heavy atom. The van der Waals surface area contributed by atoms with Crippen molar-refractivity contribution in [3.05, 3.63) is 473 Å². The Balaban J connectivity index is 0.660. The number of rotatable bonds is 14. The second kappa shape index (κ2) is 30.0. The van der Waals surface area contributed by atoms with Crippen LogP contribution in [0.2, 0.25) is 0 Å². The molecule has 0 spiro atoms. The minimum Gasteiger partial charge on any atom is -0.309 e. The lowest BCUT2D eigenvalue weighted by Gasteiger charge is -2.15. The van der Waals surface area contributed by atoms with Crippen molar-refractivity contribution in [1.29, 1.82) is 0 Å². The summed E-state index contributed by atoms with van der Waals surface area (Å²) in [5.74, 6) is 1.33. The topological polar surface area (TPSA) is 55.4 Å². The van der Waals surface area contributed by atoms with Crippen molar-refractivity contribution in [2.24, 2.45) is 0 Å². The van der Waals surface area contributed by atoms with E-state index in [-0.39, 0.29) is 0 Å². The lowest BCUT2D eigenvalue weighted by Crippen LogP contribution is -2.03. The molecule has 7 aromatic heterocycles. The van der Waals surface area contributed by atoms with E-state index in [1.54, 1.807) is 0 Å². The average molecular weight is 1680 g/mol. The Labute approximate surface area is 759 Å². The van der Waals surface area contributed by atoms with Crippen LogP contribution in [0, 0.1) is 0 Å². The highest BCUT2D eigenvalue weighted by Gasteiger charge is 2.26. The zero-order valence-electron chi connectivity index (χ0n) is 71.6. The number of para-hydroxylation sites is 8. The second-order valence-corrected chi connectivity index (χ2v) is 34.8. The minimum absolute atomic E-state index is 0.590. The van der Waals surface area contributed by atoms with E-state index in [4.69, 9.17) is 9.97 Å². The van der Waals surface area contributed by atoms with Gasteiger partial charge >= 0.3 is 0 Å². The summed E-state index contributed by atoms with van der Waals surface area (Å²) in [7, 11) is 0. The Morgan fingerprint density at radius 1 is 0.129 bits per heavy atom. The molecule has 8 nitrogen and oxygen atoms in total. The van der Waals surface area contributed by atoms with Gasteiger partial charge in [0.1, 0.15) is 5.82 Å². The fraction of sp³-hybridized carbons (Fsp3) is 0. The van der Waals surface area contributed by atoms with Crippen molar-refractivity contribution in [1.82, 2.24) is 37.4 Å². The van der Waals surface area contributed by atoms with Gasteiger partial charge in [0, 0.05) is 110 Å². The molecule has 27 rings (SSSR count). The van der Waals surface area contributed by atoms with Crippen molar-refractivity contribution in [2.75, 3.05) is 0 Å². The molecule has 27 aromatic rings. The molecule has 0 N–H and O–H groups in total. The van der Waals surface area contributed by atoms with Gasteiger partial charge in [-0.3, -0.25) is 4.57 Å². The van der Waals surface area contributed by atoms with E-state index in [1.165, 1.54) is 76.2 Å². The van der Waals surface area contributed by atoms with Crippen molar-refractivity contribution in [2.45, 2.75) is 0 Å². The highest BCUT2D eigenvalue weighted by Crippen LogP contribution is 2.47. The molecule has 0 bridgehead atoms. The van der Waals surface area contributed by atoms with Gasteiger partial charge in [-0.05, 0) is 255 Å². The van der Waals surface area contributed by atoms with Gasteiger partial charge in [0.2, 0.25) is 0 Å². The number of benzene rings is 20. The maximum Gasteiger partial charge on any atom is 0.162 e. The van der Waals surface area contributed by atoms with Crippen molar-refractivity contribution in [3.63, 3.8) is 0 Å². The zero-order valence-corrected chi connectivity index (χ0v) is 71.6. The normalized spacial score (nSPS) is 11.9. The van der Waals surface area contributed by atoms with Gasteiger partial charge in [0.15, 0.2) is 5.82 Å². The van der Waals surface area contributed by atoms with Gasteiger partial charge in [-0.15, -0.1) is 0 Å². The number of hydrogen-bond acceptors (Lipinski definition) is 2. The van der Waals surface area contributed by atoms with Crippen LogP contribution < -0.4 is 0 Å². The lowest BCUT2D eigenvalue weighted by atomic mass is 9.93. The molecular weight excluding hydrogens is 1600 g/mol. The molecule has 0 aliphatic heterocycles. The van der Waals surface area contributed by atoms with E-state index >= 15 is 0 Å². The summed E-state index contributed by atoms with van der Waals surface area (Å²) >= 11 is 0. The van der Waals surface area contributed by atoms with Gasteiger partial charge in [-0.1, -0.05) is 279 Å². The molecule has 0 radical (unpaired) electrons. The first-order valence-electron chi connectivity index (χ1n) is 45.2. The SMILES string of the molecule is c1ccc(-c2ccccc2-c2cccc(-c3cc(-n4c5ccc(-c6ccc7c(c6)c6ccccc6n7-c6ccccc6)cc5c5cc(-c6ccc7c(c6)c6ccccc6n7-c6ccccc6)ccc54)nc(-c4cccc(-n5c6ccc(-c7ccc8c(c7)c7ccccc7n8-c7ccccc7)cc6c6cc(-c7ccc8c(c7)c7ccccc7n8-c7ccccc7)ccc65)c4)n3)c2)cc1. The maximum absolute atomic E-state index is 5.94. The molecule has 20 aromatic carbocycles. The summed E-state index contributed by atoms with van der Waals surface area (Å²) in [6.07, 6.45) is 0. The first-order chi connectivity index (χ1) is 65.4. The summed E-state index contributed by atoms with van der Waals surface area (Å²) in [4.78, 5) is 11.8. The van der Waals surface area contributed by atoms with Gasteiger partial charge in [-0.2, -0.15) is 0 Å². The van der Waals surface area contributed by atoms with E-state index in [9.17, 15) is 0 Å². The van der Waals surface area contributed by atoms with Crippen molar-refractivity contribution >= 4 is 131 Å². The van der Waals surface area contributed by atoms with Crippen LogP contribution in [-0.2, 0) is 0 Å². The fourth-order valence-corrected chi connectivity index (χ4v) is 21.4. The number of fused-ring (bicyclic) bond motifs is 18. The van der Waals surface area contributed by atoms with E-state index in [2.05, 4.69) is 501 Å². The van der Waals surface area contributed by atoms with Crippen LogP contribution in [-0.4, -0.2) is 37.4 Å². The van der Waals surface area contributed by atoms with E-state index < -0.39 is 0 Å². The minimum atomic E-state index is 0.590. The Morgan fingerprint density at radius 3 is 0.720 bits per heavy atom. The second-order valence-electron chi connectivity index (χ2n) is 34.8. The Kier molecular flexibility index (Phi) is 16.9. The summed E-state index contributed by atoms with van der Waals surface area (Å²) in [5.41, 5.74) is 35.2. The molecule has 7 heterocycles. The molecule has 0 aliphatic carbocycles. The first-order valence-corrected chi connectivity index (χ1v) is 45.2. The Bertz CT molecular complexity index is 8960. The van der Waals surface area contributed by atoms with E-state index in [0.717, 1.165) is 172 Å². The molecule has 614 valence electrons. The van der Waals surface area contributed by atoms with E-state index in [0.29, 0.717) is 5.82 Å². The third-order valence-corrected chi connectivity index (χ3v) is 27.4. The maximum atomic E-state index is 5.94. The van der Waals surface area contributed by atoms with Crippen LogP contribution in [0.25, 0.3) is 254 Å². The summed E-state index contributed by atoms with van der Waals surface area (Å²) < 4.78 is 14.4. The van der Waals surface area contributed by atoms with E-state index in [1.807, 2.05) is 0 Å². The van der Waals surface area contributed by atoms with Crippen molar-refractivity contribution < 1.29 is 0 Å². The number of nitrogens with zero attached hydrogens (tertiary/aromatic N) is 8. The first kappa shape index (κ1) is 74.5. The highest BCUT2D eigenvalue weighted by molar-refractivity contribution is 6.18. The molecule has 0 amide bonds. The third-order valence-electron chi connectivity index (χ3n) is 27.4. The standard InChI is InChI=1S/C124H78N8/c1-6-28-79(29-7-1)96-42-16-17-43-97(96)88-30-26-31-89(68-88)110-78-123(132-121-66-58-86(82-54-62-117-104(72-82)100-46-20-24-50-113(100)129(117)93-37-12-4-13-38-93)76-108(121)109-77-87(59-67-122(109)132)83-55-63-118-105(73-83)101-47-21-25-51-114(101)130(118)94-39-14-5-15-40-94)126-124(125-110)90-32-27-41-95(69-90)131-119-64-56-84(80-52-60-115-102(70-80)98-44-18-22-48-111(98)127(115)91-33-8-2-9-34-91)74-106(119)107-75-85(57-65-120(107)131)81-53-61-116-103(71-81)99-45-19-23-49-112(99)128(116)92-35-10-3-11-36-92/h1-78H.